The molecule has 0 bridgehead atoms. The molecule has 2 N–H and O–H groups in total. The highest BCUT2D eigenvalue weighted by molar-refractivity contribution is 7.90. The second kappa shape index (κ2) is 10.7. The summed E-state index contributed by atoms with van der Waals surface area (Å²) < 4.78 is 32.9. The summed E-state index contributed by atoms with van der Waals surface area (Å²) in [4.78, 5) is 28.3. The van der Waals surface area contributed by atoms with Crippen LogP contribution in [0.3, 0.4) is 0 Å². The van der Waals surface area contributed by atoms with Crippen LogP contribution in [-0.2, 0) is 30.8 Å². The predicted octanol–water partition coefficient (Wildman–Crippen LogP) is 2.66. The molecular formula is C22H25N3O5S. The first-order valence-electron chi connectivity index (χ1n) is 10.1. The zero-order valence-electron chi connectivity index (χ0n) is 17.0. The van der Waals surface area contributed by atoms with Crippen molar-refractivity contribution in [3.8, 4) is 0 Å². The van der Waals surface area contributed by atoms with Gasteiger partial charge in [0.05, 0.1) is 11.3 Å². The van der Waals surface area contributed by atoms with Crippen LogP contribution in [0.2, 0.25) is 0 Å². The van der Waals surface area contributed by atoms with Crippen molar-refractivity contribution in [3.05, 3.63) is 60.2 Å². The van der Waals surface area contributed by atoms with Crippen molar-refractivity contribution < 1.29 is 22.7 Å². The molecule has 164 valence electrons. The summed E-state index contributed by atoms with van der Waals surface area (Å²) >= 11 is 0. The molecule has 0 aromatic heterocycles. The topological polar surface area (TPSA) is 114 Å². The van der Waals surface area contributed by atoms with Gasteiger partial charge in [-0.3, -0.25) is 19.3 Å². The number of nitrogens with zero attached hydrogens (tertiary/aromatic N) is 1. The summed E-state index contributed by atoms with van der Waals surface area (Å²) in [5, 5.41) is 2.55. The number of hydrogen-bond donors (Lipinski definition) is 2. The number of benzene rings is 2. The minimum atomic E-state index is -3.81. The van der Waals surface area contributed by atoms with Crippen molar-refractivity contribution in [2.75, 3.05) is 18.5 Å². The van der Waals surface area contributed by atoms with E-state index in [-0.39, 0.29) is 17.0 Å². The summed E-state index contributed by atoms with van der Waals surface area (Å²) in [5.41, 5.74) is 1.08. The molecule has 31 heavy (non-hydrogen) atoms. The smallest absolute Gasteiger partial charge is 0.310 e. The molecule has 2 aromatic carbocycles. The molecule has 0 atom stereocenters. The van der Waals surface area contributed by atoms with Gasteiger partial charge in [0.15, 0.2) is 6.61 Å². The summed E-state index contributed by atoms with van der Waals surface area (Å²) in [7, 11) is -3.81. The van der Waals surface area contributed by atoms with Crippen molar-refractivity contribution in [3.63, 3.8) is 0 Å². The lowest BCUT2D eigenvalue weighted by Crippen LogP contribution is -2.30. The second-order valence-electron chi connectivity index (χ2n) is 7.14. The zero-order chi connectivity index (χ0) is 22.1. The molecule has 9 heteroatoms. The van der Waals surface area contributed by atoms with Gasteiger partial charge in [0.1, 0.15) is 5.84 Å². The minimum absolute atomic E-state index is 0.0123. The third-order valence-corrected chi connectivity index (χ3v) is 5.99. The third kappa shape index (κ3) is 7.21. The molecule has 1 heterocycles. The monoisotopic (exact) mass is 443 g/mol. The molecule has 1 aliphatic heterocycles. The molecule has 0 fully saturated rings. The Hall–Kier alpha value is -3.20. The van der Waals surface area contributed by atoms with Crippen molar-refractivity contribution in [1.82, 2.24) is 4.72 Å². The fourth-order valence-corrected chi connectivity index (χ4v) is 4.20. The number of amidine groups is 1. The lowest BCUT2D eigenvalue weighted by molar-refractivity contribution is -0.146. The normalized spacial score (nSPS) is 14.1. The Labute approximate surface area is 181 Å². The number of esters is 1. The van der Waals surface area contributed by atoms with Crippen LogP contribution in [0.4, 0.5) is 5.69 Å². The number of anilines is 1. The number of nitrogens with one attached hydrogen (secondary N) is 2. The van der Waals surface area contributed by atoms with E-state index in [0.29, 0.717) is 18.8 Å². The Bertz CT molecular complexity index is 1050. The van der Waals surface area contributed by atoms with Crippen LogP contribution in [0.25, 0.3) is 0 Å². The number of hydrogen-bond acceptors (Lipinski definition) is 6. The quantitative estimate of drug-likeness (QED) is 0.639. The zero-order valence-corrected chi connectivity index (χ0v) is 17.9. The average Bonchev–Trinajstić information content (AvgIpc) is 3.01. The van der Waals surface area contributed by atoms with Crippen molar-refractivity contribution >= 4 is 33.4 Å². The fraction of sp³-hybridized carbons (Fsp3) is 0.318. The number of rotatable bonds is 7. The fourth-order valence-electron chi connectivity index (χ4n) is 3.07. The van der Waals surface area contributed by atoms with Crippen LogP contribution in [0.5, 0.6) is 0 Å². The molecule has 1 amide bonds. The first kappa shape index (κ1) is 22.5. The summed E-state index contributed by atoms with van der Waals surface area (Å²) in [6.07, 6.45) is 3.51. The van der Waals surface area contributed by atoms with Gasteiger partial charge in [-0.15, -0.1) is 0 Å². The number of amides is 1. The van der Waals surface area contributed by atoms with Crippen LogP contribution in [0.15, 0.2) is 64.5 Å². The van der Waals surface area contributed by atoms with Crippen molar-refractivity contribution in [2.24, 2.45) is 4.99 Å². The first-order valence-corrected chi connectivity index (χ1v) is 11.6. The largest absolute Gasteiger partial charge is 0.455 e. The second-order valence-corrected chi connectivity index (χ2v) is 8.83. The molecule has 0 saturated heterocycles. The van der Waals surface area contributed by atoms with Crippen LogP contribution >= 0.6 is 0 Å². The van der Waals surface area contributed by atoms with Gasteiger partial charge < -0.3 is 10.1 Å². The number of sulfonamides is 1. The molecule has 0 aliphatic carbocycles. The number of aliphatic imine (C=N–C) groups is 1. The van der Waals surface area contributed by atoms with E-state index in [1.807, 2.05) is 18.2 Å². The molecule has 8 nitrogen and oxygen atoms in total. The van der Waals surface area contributed by atoms with Gasteiger partial charge in [-0.2, -0.15) is 0 Å². The van der Waals surface area contributed by atoms with Gasteiger partial charge in [0.2, 0.25) is 0 Å². The molecule has 0 radical (unpaired) electrons. The lowest BCUT2D eigenvalue weighted by Gasteiger charge is -2.11. The van der Waals surface area contributed by atoms with Gasteiger partial charge in [0, 0.05) is 18.7 Å². The van der Waals surface area contributed by atoms with Crippen LogP contribution in [-0.4, -0.2) is 39.3 Å². The number of carbonyl (C=O) groups excluding carboxylic acids is 2. The van der Waals surface area contributed by atoms with E-state index < -0.39 is 28.5 Å². The van der Waals surface area contributed by atoms with E-state index >= 15 is 0 Å². The van der Waals surface area contributed by atoms with E-state index in [2.05, 4.69) is 15.0 Å². The molecule has 1 aliphatic rings. The highest BCUT2D eigenvalue weighted by Gasteiger charge is 2.18. The molecule has 2 aromatic rings. The van der Waals surface area contributed by atoms with E-state index in [0.717, 1.165) is 24.8 Å². The maximum atomic E-state index is 12.7. The van der Waals surface area contributed by atoms with E-state index in [1.54, 1.807) is 18.2 Å². The van der Waals surface area contributed by atoms with Crippen LogP contribution < -0.4 is 10.0 Å². The van der Waals surface area contributed by atoms with Crippen LogP contribution in [0, 0.1) is 0 Å². The van der Waals surface area contributed by atoms with Gasteiger partial charge in [-0.1, -0.05) is 42.8 Å². The van der Waals surface area contributed by atoms with E-state index in [1.165, 1.54) is 18.2 Å². The minimum Gasteiger partial charge on any atom is -0.455 e. The van der Waals surface area contributed by atoms with Crippen LogP contribution in [0.1, 0.15) is 31.2 Å². The molecule has 3 rings (SSSR count). The Balaban J connectivity index is 1.55. The SMILES string of the molecule is O=C(COC(=O)Cc1ccccc1)Nc1cccc(S(=O)(=O)NC2=NCCCCC2)c1. The summed E-state index contributed by atoms with van der Waals surface area (Å²) in [6, 6.07) is 14.9. The Morgan fingerprint density at radius 2 is 1.81 bits per heavy atom. The standard InChI is InChI=1S/C22H25N3O5S/c26-21(16-30-22(27)14-17-8-3-1-4-9-17)24-18-10-7-11-19(15-18)31(28,29)25-20-12-5-2-6-13-23-20/h1,3-4,7-11,15H,2,5-6,12-14,16H2,(H,23,25)(H,24,26). The van der Waals surface area contributed by atoms with Gasteiger partial charge in [-0.05, 0) is 36.6 Å². The Morgan fingerprint density at radius 3 is 2.61 bits per heavy atom. The first-order chi connectivity index (χ1) is 14.9. The highest BCUT2D eigenvalue weighted by atomic mass is 32.2. The summed E-state index contributed by atoms with van der Waals surface area (Å²) in [5.74, 6) is -0.625. The van der Waals surface area contributed by atoms with Gasteiger partial charge >= 0.3 is 5.97 Å². The lowest BCUT2D eigenvalue weighted by atomic mass is 10.2. The number of ether oxygens (including phenoxy) is 1. The molecule has 0 saturated carbocycles. The van der Waals surface area contributed by atoms with Gasteiger partial charge in [0.25, 0.3) is 15.9 Å². The highest BCUT2D eigenvalue weighted by Crippen LogP contribution is 2.16. The number of carbonyl (C=O) groups is 2. The third-order valence-electron chi connectivity index (χ3n) is 4.61. The molecular weight excluding hydrogens is 418 g/mol. The Kier molecular flexibility index (Phi) is 7.77. The van der Waals surface area contributed by atoms with E-state index in [9.17, 15) is 18.0 Å². The predicted molar refractivity (Wildman–Crippen MR) is 117 cm³/mol. The Morgan fingerprint density at radius 1 is 1.00 bits per heavy atom. The van der Waals surface area contributed by atoms with Crippen molar-refractivity contribution in [2.45, 2.75) is 37.0 Å². The molecule has 0 spiro atoms. The average molecular weight is 444 g/mol. The van der Waals surface area contributed by atoms with Crippen molar-refractivity contribution in [1.29, 1.82) is 0 Å². The maximum absolute atomic E-state index is 12.7. The van der Waals surface area contributed by atoms with E-state index in [4.69, 9.17) is 4.74 Å². The summed E-state index contributed by atoms with van der Waals surface area (Å²) in [6.45, 7) is 0.147. The molecule has 0 unspecified atom stereocenters. The van der Waals surface area contributed by atoms with Gasteiger partial charge in [-0.25, -0.2) is 8.42 Å². The maximum Gasteiger partial charge on any atom is 0.310 e.